The first-order valence-electron chi connectivity index (χ1n) is 10.7. The van der Waals surface area contributed by atoms with E-state index in [0.717, 1.165) is 17.2 Å². The third kappa shape index (κ3) is 7.18. The van der Waals surface area contributed by atoms with Gasteiger partial charge in [-0.3, -0.25) is 0 Å². The van der Waals surface area contributed by atoms with E-state index in [-0.39, 0.29) is 21.6 Å². The molecule has 0 saturated carbocycles. The highest BCUT2D eigenvalue weighted by atomic mass is 35.5. The second-order valence-corrected chi connectivity index (χ2v) is 13.5. The highest BCUT2D eigenvalue weighted by molar-refractivity contribution is 7.90. The van der Waals surface area contributed by atoms with Gasteiger partial charge in [0.05, 0.1) is 9.79 Å². The Kier molecular flexibility index (Phi) is 8.46. The Morgan fingerprint density at radius 1 is 0.853 bits per heavy atom. The normalized spacial score (nSPS) is 12.8. The van der Waals surface area contributed by atoms with E-state index in [2.05, 4.69) is 10.0 Å². The van der Waals surface area contributed by atoms with Crippen LogP contribution in [-0.2, 0) is 20.0 Å². The van der Waals surface area contributed by atoms with Crippen LogP contribution < -0.4 is 14.8 Å². The third-order valence-electron chi connectivity index (χ3n) is 4.74. The molecule has 0 aliphatic carbocycles. The first-order valence-corrected chi connectivity index (χ1v) is 14.1. The lowest BCUT2D eigenvalue weighted by Crippen LogP contribution is -2.40. The van der Waals surface area contributed by atoms with Crippen LogP contribution in [0.3, 0.4) is 0 Å². The van der Waals surface area contributed by atoms with E-state index in [9.17, 15) is 21.6 Å². The molecule has 2 amide bonds. The minimum atomic E-state index is -4.36. The van der Waals surface area contributed by atoms with Crippen molar-refractivity contribution in [1.29, 1.82) is 0 Å². The molecule has 2 aromatic carbocycles. The van der Waals surface area contributed by atoms with Gasteiger partial charge in [0.2, 0.25) is 10.0 Å². The van der Waals surface area contributed by atoms with Crippen molar-refractivity contribution in [3.05, 3.63) is 52.5 Å². The number of rotatable bonds is 7. The third-order valence-corrected chi connectivity index (χ3v) is 8.04. The van der Waals surface area contributed by atoms with Crippen LogP contribution in [0, 0.1) is 0 Å². The summed E-state index contributed by atoms with van der Waals surface area (Å²) < 4.78 is 55.4. The molecule has 0 aromatic heterocycles. The molecular formula is C23H32ClN3O5S2. The summed E-state index contributed by atoms with van der Waals surface area (Å²) in [5, 5.41) is 3.17. The monoisotopic (exact) mass is 529 g/mol. The zero-order valence-electron chi connectivity index (χ0n) is 20.4. The SMILES string of the molecule is CC(C)c1cc(Cl)cc(C(C)C)c1NC(=O)NS(=O)(=O)c1cccc(S(=O)(=O)NC(C)(C)C)c1. The summed E-state index contributed by atoms with van der Waals surface area (Å²) >= 11 is 6.25. The molecule has 2 aromatic rings. The number of hydrogen-bond acceptors (Lipinski definition) is 5. The summed E-state index contributed by atoms with van der Waals surface area (Å²) in [6.45, 7) is 12.8. The van der Waals surface area contributed by atoms with Crippen LogP contribution in [0.1, 0.15) is 71.4 Å². The molecule has 8 nitrogen and oxygen atoms in total. The molecular weight excluding hydrogens is 498 g/mol. The van der Waals surface area contributed by atoms with Gasteiger partial charge in [-0.1, -0.05) is 45.4 Å². The second-order valence-electron chi connectivity index (χ2n) is 9.66. The molecule has 2 rings (SSSR count). The average molecular weight is 530 g/mol. The lowest BCUT2D eigenvalue weighted by atomic mass is 9.92. The molecule has 0 saturated heterocycles. The van der Waals surface area contributed by atoms with E-state index in [0.29, 0.717) is 10.7 Å². The molecule has 0 fully saturated rings. The number of carbonyl (C=O) groups is 1. The largest absolute Gasteiger partial charge is 0.333 e. The van der Waals surface area contributed by atoms with Crippen LogP contribution in [0.5, 0.6) is 0 Å². The Balaban J connectivity index is 2.37. The molecule has 0 aliphatic heterocycles. The summed E-state index contributed by atoms with van der Waals surface area (Å²) in [5.41, 5.74) is 1.27. The van der Waals surface area contributed by atoms with Crippen molar-refractivity contribution in [2.24, 2.45) is 0 Å². The van der Waals surface area contributed by atoms with Gasteiger partial charge in [-0.25, -0.2) is 31.1 Å². The number of sulfonamides is 2. The van der Waals surface area contributed by atoms with Gasteiger partial charge in [0.1, 0.15) is 0 Å². The van der Waals surface area contributed by atoms with Crippen molar-refractivity contribution < 1.29 is 21.6 Å². The molecule has 0 spiro atoms. The predicted octanol–water partition coefficient (Wildman–Crippen LogP) is 5.17. The van der Waals surface area contributed by atoms with Crippen molar-refractivity contribution in [2.75, 3.05) is 5.32 Å². The molecule has 3 N–H and O–H groups in total. The molecule has 0 unspecified atom stereocenters. The van der Waals surface area contributed by atoms with Crippen LogP contribution in [0.2, 0.25) is 5.02 Å². The predicted molar refractivity (Wildman–Crippen MR) is 135 cm³/mol. The highest BCUT2D eigenvalue weighted by Crippen LogP contribution is 2.35. The van der Waals surface area contributed by atoms with Gasteiger partial charge in [-0.2, -0.15) is 0 Å². The van der Waals surface area contributed by atoms with Crippen molar-refractivity contribution >= 4 is 43.4 Å². The van der Waals surface area contributed by atoms with E-state index in [1.807, 2.05) is 32.4 Å². The number of benzene rings is 2. The molecule has 188 valence electrons. The Bertz CT molecular complexity index is 1250. The number of anilines is 1. The molecule has 0 radical (unpaired) electrons. The first kappa shape index (κ1) is 28.1. The van der Waals surface area contributed by atoms with E-state index in [1.54, 1.807) is 32.9 Å². The molecule has 0 atom stereocenters. The zero-order chi connectivity index (χ0) is 26.1. The maximum atomic E-state index is 12.9. The number of amides is 2. The van der Waals surface area contributed by atoms with Crippen molar-refractivity contribution in [3.63, 3.8) is 0 Å². The van der Waals surface area contributed by atoms with Crippen LogP contribution in [-0.4, -0.2) is 28.4 Å². The van der Waals surface area contributed by atoms with Gasteiger partial charge in [0.25, 0.3) is 10.0 Å². The Morgan fingerprint density at radius 3 is 1.76 bits per heavy atom. The maximum Gasteiger partial charge on any atom is 0.333 e. The number of halogens is 1. The van der Waals surface area contributed by atoms with Crippen molar-refractivity contribution in [3.8, 4) is 0 Å². The Morgan fingerprint density at radius 2 is 1.32 bits per heavy atom. The Hall–Kier alpha value is -2.14. The van der Waals surface area contributed by atoms with E-state index >= 15 is 0 Å². The number of nitrogens with one attached hydrogen (secondary N) is 3. The van der Waals surface area contributed by atoms with Gasteiger partial charge < -0.3 is 5.32 Å². The minimum Gasteiger partial charge on any atom is -0.307 e. The van der Waals surface area contributed by atoms with Gasteiger partial charge in [0.15, 0.2) is 0 Å². The number of hydrogen-bond donors (Lipinski definition) is 3. The van der Waals surface area contributed by atoms with E-state index < -0.39 is 31.6 Å². The molecule has 11 heteroatoms. The standard InChI is InChI=1S/C23H32ClN3O5S2/c1-14(2)19-11-16(24)12-20(15(3)4)21(19)25-22(28)26-33(29,30)17-9-8-10-18(13-17)34(31,32)27-23(5,6)7/h8-15,27H,1-7H3,(H2,25,26,28). The quantitative estimate of drug-likeness (QED) is 0.456. The van der Waals surface area contributed by atoms with Gasteiger partial charge in [-0.15, -0.1) is 0 Å². The molecule has 0 aliphatic rings. The number of carbonyl (C=O) groups excluding carboxylic acids is 1. The summed E-state index contributed by atoms with van der Waals surface area (Å²) in [5.74, 6) is 0.0284. The highest BCUT2D eigenvalue weighted by Gasteiger charge is 2.26. The molecule has 0 bridgehead atoms. The summed E-state index contributed by atoms with van der Waals surface area (Å²) in [6, 6.07) is 7.31. The van der Waals surface area contributed by atoms with Gasteiger partial charge >= 0.3 is 6.03 Å². The topological polar surface area (TPSA) is 121 Å². The fourth-order valence-corrected chi connectivity index (χ4v) is 6.02. The van der Waals surface area contributed by atoms with E-state index in [4.69, 9.17) is 11.6 Å². The average Bonchev–Trinajstić information content (AvgIpc) is 2.66. The molecule has 0 heterocycles. The van der Waals surface area contributed by atoms with Crippen LogP contribution in [0.4, 0.5) is 10.5 Å². The lowest BCUT2D eigenvalue weighted by molar-refractivity contribution is 0.256. The lowest BCUT2D eigenvalue weighted by Gasteiger charge is -2.21. The summed E-state index contributed by atoms with van der Waals surface area (Å²) in [4.78, 5) is 12.2. The second kappa shape index (κ2) is 10.2. The summed E-state index contributed by atoms with van der Waals surface area (Å²) in [6.07, 6.45) is 0. The smallest absolute Gasteiger partial charge is 0.307 e. The minimum absolute atomic E-state index is 0.0142. The maximum absolute atomic E-state index is 12.9. The fraction of sp³-hybridized carbons (Fsp3) is 0.435. The Labute approximate surface area is 207 Å². The van der Waals surface area contributed by atoms with Gasteiger partial charge in [0, 0.05) is 16.2 Å². The van der Waals surface area contributed by atoms with Crippen molar-refractivity contribution in [2.45, 2.75) is 75.6 Å². The van der Waals surface area contributed by atoms with Crippen molar-refractivity contribution in [1.82, 2.24) is 9.44 Å². The van der Waals surface area contributed by atoms with E-state index in [1.165, 1.54) is 18.2 Å². The zero-order valence-corrected chi connectivity index (χ0v) is 22.7. The van der Waals surface area contributed by atoms with Crippen LogP contribution in [0.15, 0.2) is 46.2 Å². The first-order chi connectivity index (χ1) is 15.4. The van der Waals surface area contributed by atoms with Crippen LogP contribution >= 0.6 is 11.6 Å². The fourth-order valence-electron chi connectivity index (χ4n) is 3.30. The number of urea groups is 1. The molecule has 34 heavy (non-hydrogen) atoms. The van der Waals surface area contributed by atoms with Crippen LogP contribution in [0.25, 0.3) is 0 Å². The van der Waals surface area contributed by atoms with Gasteiger partial charge in [-0.05, 0) is 74.1 Å². The summed E-state index contributed by atoms with van der Waals surface area (Å²) in [7, 11) is -8.33.